The third-order valence-electron chi connectivity index (χ3n) is 3.63. The van der Waals surface area contributed by atoms with Gasteiger partial charge in [0, 0.05) is 17.6 Å². The van der Waals surface area contributed by atoms with E-state index in [9.17, 15) is 0 Å². The van der Waals surface area contributed by atoms with Crippen molar-refractivity contribution in [2.75, 3.05) is 13.6 Å². The van der Waals surface area contributed by atoms with Crippen molar-refractivity contribution in [2.24, 2.45) is 5.73 Å². The Labute approximate surface area is 82.5 Å². The predicted molar refractivity (Wildman–Crippen MR) is 57.8 cm³/mol. The highest BCUT2D eigenvalue weighted by molar-refractivity contribution is 4.98. The van der Waals surface area contributed by atoms with Gasteiger partial charge in [-0.25, -0.2) is 0 Å². The summed E-state index contributed by atoms with van der Waals surface area (Å²) in [4.78, 5) is 2.48. The second-order valence-corrected chi connectivity index (χ2v) is 5.37. The largest absolute Gasteiger partial charge is 0.329 e. The fraction of sp³-hybridized carbons (Fsp3) is 1.00. The number of nitrogens with two attached hydrogens (primary N) is 1. The monoisotopic (exact) mass is 184 g/mol. The van der Waals surface area contributed by atoms with Gasteiger partial charge < -0.3 is 5.73 Å². The van der Waals surface area contributed by atoms with Gasteiger partial charge in [0.15, 0.2) is 0 Å². The average molecular weight is 184 g/mol. The van der Waals surface area contributed by atoms with Crippen LogP contribution in [0, 0.1) is 0 Å². The van der Waals surface area contributed by atoms with Crippen LogP contribution in [0.2, 0.25) is 0 Å². The van der Waals surface area contributed by atoms with Crippen molar-refractivity contribution in [2.45, 2.75) is 57.5 Å². The first kappa shape index (κ1) is 11.0. The molecular weight excluding hydrogens is 160 g/mol. The zero-order valence-electron chi connectivity index (χ0n) is 9.56. The Morgan fingerprint density at radius 2 is 1.69 bits per heavy atom. The molecule has 0 amide bonds. The molecule has 1 fully saturated rings. The van der Waals surface area contributed by atoms with Crippen LogP contribution < -0.4 is 5.73 Å². The molecule has 0 spiro atoms. The van der Waals surface area contributed by atoms with Crippen LogP contribution in [0.3, 0.4) is 0 Å². The van der Waals surface area contributed by atoms with Gasteiger partial charge in [0.2, 0.25) is 0 Å². The number of likely N-dealkylation sites (N-methyl/N-ethyl adjacent to an activating group) is 1. The summed E-state index contributed by atoms with van der Waals surface area (Å²) >= 11 is 0. The van der Waals surface area contributed by atoms with E-state index in [1.54, 1.807) is 0 Å². The summed E-state index contributed by atoms with van der Waals surface area (Å²) in [5.74, 6) is 0. The first-order valence-corrected chi connectivity index (χ1v) is 5.36. The SMILES string of the molecule is CN(C(C)(C)C)C1(CN)CCCC1. The van der Waals surface area contributed by atoms with E-state index in [1.165, 1.54) is 25.7 Å². The first-order valence-electron chi connectivity index (χ1n) is 5.36. The normalized spacial score (nSPS) is 22.6. The summed E-state index contributed by atoms with van der Waals surface area (Å²) in [6, 6.07) is 0. The molecule has 0 aromatic rings. The molecule has 2 N–H and O–H groups in total. The standard InChI is InChI=1S/C11H24N2/c1-10(2,3)13(4)11(9-12)7-5-6-8-11/h5-9,12H2,1-4H3. The first-order chi connectivity index (χ1) is 5.92. The van der Waals surface area contributed by atoms with Gasteiger partial charge in [-0.05, 0) is 40.7 Å². The van der Waals surface area contributed by atoms with Gasteiger partial charge in [-0.2, -0.15) is 0 Å². The topological polar surface area (TPSA) is 29.3 Å². The summed E-state index contributed by atoms with van der Waals surface area (Å²) in [7, 11) is 2.22. The highest BCUT2D eigenvalue weighted by Gasteiger charge is 2.40. The van der Waals surface area contributed by atoms with Crippen molar-refractivity contribution in [3.63, 3.8) is 0 Å². The van der Waals surface area contributed by atoms with Crippen LogP contribution in [0.5, 0.6) is 0 Å². The molecule has 0 radical (unpaired) electrons. The van der Waals surface area contributed by atoms with E-state index in [0.29, 0.717) is 0 Å². The molecule has 1 aliphatic carbocycles. The maximum atomic E-state index is 5.92. The van der Waals surface area contributed by atoms with Crippen molar-refractivity contribution in [3.8, 4) is 0 Å². The zero-order valence-corrected chi connectivity index (χ0v) is 9.56. The molecule has 2 heteroatoms. The minimum Gasteiger partial charge on any atom is -0.329 e. The van der Waals surface area contributed by atoms with Gasteiger partial charge in [-0.3, -0.25) is 4.90 Å². The van der Waals surface area contributed by atoms with Gasteiger partial charge in [0.05, 0.1) is 0 Å². The minimum absolute atomic E-state index is 0.240. The van der Waals surface area contributed by atoms with Gasteiger partial charge in [-0.1, -0.05) is 12.8 Å². The third-order valence-corrected chi connectivity index (χ3v) is 3.63. The lowest BCUT2D eigenvalue weighted by Gasteiger charge is -2.46. The van der Waals surface area contributed by atoms with Crippen LogP contribution >= 0.6 is 0 Å². The molecule has 0 heterocycles. The molecule has 0 atom stereocenters. The van der Waals surface area contributed by atoms with Crippen LogP contribution in [-0.4, -0.2) is 29.6 Å². The molecule has 0 aliphatic heterocycles. The second-order valence-electron chi connectivity index (χ2n) is 5.37. The third kappa shape index (κ3) is 2.05. The molecule has 2 nitrogen and oxygen atoms in total. The predicted octanol–water partition coefficient (Wildman–Crippen LogP) is 1.99. The fourth-order valence-corrected chi connectivity index (χ4v) is 2.42. The molecule has 1 aliphatic rings. The summed E-state index contributed by atoms with van der Waals surface area (Å²) < 4.78 is 0. The Morgan fingerprint density at radius 3 is 2.00 bits per heavy atom. The molecule has 0 aromatic carbocycles. The smallest absolute Gasteiger partial charge is 0.0333 e. The maximum absolute atomic E-state index is 5.92. The van der Waals surface area contributed by atoms with Gasteiger partial charge in [0.25, 0.3) is 0 Å². The maximum Gasteiger partial charge on any atom is 0.0333 e. The summed E-state index contributed by atoms with van der Waals surface area (Å²) in [6.45, 7) is 7.61. The number of nitrogens with zero attached hydrogens (tertiary/aromatic N) is 1. The van der Waals surface area contributed by atoms with E-state index in [-0.39, 0.29) is 11.1 Å². The number of rotatable bonds is 2. The number of hydrogen-bond donors (Lipinski definition) is 1. The number of hydrogen-bond acceptors (Lipinski definition) is 2. The molecule has 0 aromatic heterocycles. The molecule has 0 unspecified atom stereocenters. The van der Waals surface area contributed by atoms with Gasteiger partial charge in [0.1, 0.15) is 0 Å². The Hall–Kier alpha value is -0.0800. The van der Waals surface area contributed by atoms with E-state index in [0.717, 1.165) is 6.54 Å². The van der Waals surface area contributed by atoms with Crippen LogP contribution in [0.1, 0.15) is 46.5 Å². The Bertz CT molecular complexity index is 163. The van der Waals surface area contributed by atoms with E-state index in [2.05, 4.69) is 32.7 Å². The molecule has 1 rings (SSSR count). The molecule has 78 valence electrons. The second kappa shape index (κ2) is 3.58. The lowest BCUT2D eigenvalue weighted by Crippen LogP contribution is -2.57. The van der Waals surface area contributed by atoms with Crippen LogP contribution in [0.25, 0.3) is 0 Å². The Balaban J connectivity index is 2.76. The lowest BCUT2D eigenvalue weighted by molar-refractivity contribution is 0.0412. The molecular formula is C11H24N2. The fourth-order valence-electron chi connectivity index (χ4n) is 2.42. The van der Waals surface area contributed by atoms with Crippen molar-refractivity contribution in [3.05, 3.63) is 0 Å². The highest BCUT2D eigenvalue weighted by Crippen LogP contribution is 2.37. The van der Waals surface area contributed by atoms with Crippen LogP contribution in [0.15, 0.2) is 0 Å². The van der Waals surface area contributed by atoms with Crippen molar-refractivity contribution in [1.82, 2.24) is 4.90 Å². The van der Waals surface area contributed by atoms with Crippen molar-refractivity contribution < 1.29 is 0 Å². The van der Waals surface area contributed by atoms with E-state index in [1.807, 2.05) is 0 Å². The quantitative estimate of drug-likeness (QED) is 0.711. The average Bonchev–Trinajstić information content (AvgIpc) is 2.50. The van der Waals surface area contributed by atoms with Gasteiger partial charge in [-0.15, -0.1) is 0 Å². The minimum atomic E-state index is 0.240. The summed E-state index contributed by atoms with van der Waals surface area (Å²) in [5, 5.41) is 0. The van der Waals surface area contributed by atoms with Crippen LogP contribution in [0.4, 0.5) is 0 Å². The molecule has 1 saturated carbocycles. The van der Waals surface area contributed by atoms with E-state index in [4.69, 9.17) is 5.73 Å². The van der Waals surface area contributed by atoms with E-state index < -0.39 is 0 Å². The zero-order chi connectivity index (χ0) is 10.1. The molecule has 13 heavy (non-hydrogen) atoms. The van der Waals surface area contributed by atoms with E-state index >= 15 is 0 Å². The van der Waals surface area contributed by atoms with Crippen molar-refractivity contribution in [1.29, 1.82) is 0 Å². The van der Waals surface area contributed by atoms with Crippen molar-refractivity contribution >= 4 is 0 Å². The summed E-state index contributed by atoms with van der Waals surface area (Å²) in [6.07, 6.45) is 5.24. The lowest BCUT2D eigenvalue weighted by atomic mass is 9.90. The summed E-state index contributed by atoms with van der Waals surface area (Å²) in [5.41, 5.74) is 6.45. The molecule has 0 saturated heterocycles. The Kier molecular flexibility index (Phi) is 3.03. The van der Waals surface area contributed by atoms with Crippen LogP contribution in [-0.2, 0) is 0 Å². The molecule has 0 bridgehead atoms. The van der Waals surface area contributed by atoms with Gasteiger partial charge >= 0.3 is 0 Å². The highest BCUT2D eigenvalue weighted by atomic mass is 15.2. The Morgan fingerprint density at radius 1 is 1.23 bits per heavy atom.